The molecular weight excluding hydrogens is 438 g/mol. The van der Waals surface area contributed by atoms with Crippen molar-refractivity contribution >= 4 is 21.3 Å². The van der Waals surface area contributed by atoms with Gasteiger partial charge in [-0.3, -0.25) is 20.0 Å². The van der Waals surface area contributed by atoms with Gasteiger partial charge in [-0.1, -0.05) is 49.2 Å². The lowest BCUT2D eigenvalue weighted by molar-refractivity contribution is 0.0788. The Hall–Kier alpha value is -2.75. The number of carbonyl (C=O) groups excluding carboxylic acids is 1. The molecule has 1 aromatic carbocycles. The highest BCUT2D eigenvalue weighted by Crippen LogP contribution is 2.24. The molecule has 1 amide bonds. The summed E-state index contributed by atoms with van der Waals surface area (Å²) in [7, 11) is -1.81. The molecule has 1 aliphatic heterocycles. The first-order valence-electron chi connectivity index (χ1n) is 11.3. The van der Waals surface area contributed by atoms with E-state index >= 15 is 0 Å². The molecule has 9 heteroatoms. The Morgan fingerprint density at radius 1 is 1.09 bits per heavy atom. The van der Waals surface area contributed by atoms with Crippen molar-refractivity contribution in [2.45, 2.75) is 49.3 Å². The average molecular weight is 470 g/mol. The number of benzene rings is 1. The normalized spacial score (nSPS) is 18.6. The van der Waals surface area contributed by atoms with Gasteiger partial charge in [0.2, 0.25) is 15.0 Å². The molecule has 0 saturated carbocycles. The van der Waals surface area contributed by atoms with E-state index in [1.165, 1.54) is 9.96 Å². The topological polar surface area (TPSA) is 95.8 Å². The van der Waals surface area contributed by atoms with Gasteiger partial charge in [0.25, 0.3) is 5.91 Å². The highest BCUT2D eigenvalue weighted by Gasteiger charge is 2.25. The first-order chi connectivity index (χ1) is 15.8. The van der Waals surface area contributed by atoms with E-state index in [1.807, 2.05) is 6.07 Å². The number of aromatic nitrogens is 2. The summed E-state index contributed by atoms with van der Waals surface area (Å²) in [4.78, 5) is 18.8. The zero-order valence-corrected chi connectivity index (χ0v) is 19.9. The molecule has 33 heavy (non-hydrogen) atoms. The van der Waals surface area contributed by atoms with Crippen LogP contribution in [0, 0.1) is 0 Å². The molecule has 1 aliphatic rings. The van der Waals surface area contributed by atoms with Crippen molar-refractivity contribution in [3.63, 3.8) is 0 Å². The van der Waals surface area contributed by atoms with Crippen molar-refractivity contribution in [1.82, 2.24) is 25.1 Å². The van der Waals surface area contributed by atoms with Crippen LogP contribution in [-0.2, 0) is 9.84 Å². The monoisotopic (exact) mass is 469 g/mol. The summed E-state index contributed by atoms with van der Waals surface area (Å²) >= 11 is 0. The van der Waals surface area contributed by atoms with Gasteiger partial charge in [-0.05, 0) is 37.0 Å². The molecule has 1 fully saturated rings. The second-order valence-corrected chi connectivity index (χ2v) is 10.6. The lowest BCUT2D eigenvalue weighted by Gasteiger charge is -2.16. The summed E-state index contributed by atoms with van der Waals surface area (Å²) in [6.45, 7) is 0.599. The molecule has 2 atom stereocenters. The third-order valence-corrected chi connectivity index (χ3v) is 7.08. The summed E-state index contributed by atoms with van der Waals surface area (Å²) < 4.78 is 25.6. The van der Waals surface area contributed by atoms with Gasteiger partial charge < -0.3 is 4.90 Å². The number of unbranched alkanes of at least 4 members (excludes halogenated alkanes) is 2. The Morgan fingerprint density at radius 3 is 2.61 bits per heavy atom. The van der Waals surface area contributed by atoms with Gasteiger partial charge >= 0.3 is 0 Å². The van der Waals surface area contributed by atoms with E-state index in [4.69, 9.17) is 0 Å². The van der Waals surface area contributed by atoms with Crippen LogP contribution in [-0.4, -0.2) is 54.5 Å². The van der Waals surface area contributed by atoms with Crippen LogP contribution in [0.1, 0.15) is 54.2 Å². The Morgan fingerprint density at radius 2 is 1.85 bits per heavy atom. The molecule has 3 heterocycles. The number of hydrazine groups is 1. The fourth-order valence-electron chi connectivity index (χ4n) is 4.34. The van der Waals surface area contributed by atoms with Crippen molar-refractivity contribution in [3.8, 4) is 0 Å². The molecule has 0 bridgehead atoms. The summed E-state index contributed by atoms with van der Waals surface area (Å²) in [5.74, 6) is -0.263. The molecule has 2 unspecified atom stereocenters. The molecule has 176 valence electrons. The molecule has 2 N–H and O–H groups in total. The fraction of sp³-hybridized carbons (Fsp3) is 0.417. The number of carbonyl (C=O) groups is 1. The van der Waals surface area contributed by atoms with Crippen LogP contribution in [0.2, 0.25) is 0 Å². The van der Waals surface area contributed by atoms with Gasteiger partial charge in [0.1, 0.15) is 0 Å². The minimum atomic E-state index is -3.55. The summed E-state index contributed by atoms with van der Waals surface area (Å²) in [6.07, 6.45) is 7.84. The van der Waals surface area contributed by atoms with Crippen molar-refractivity contribution in [2.24, 2.45) is 0 Å². The van der Waals surface area contributed by atoms with Gasteiger partial charge in [-0.25, -0.2) is 13.4 Å². The third-order valence-electron chi connectivity index (χ3n) is 6.13. The van der Waals surface area contributed by atoms with Gasteiger partial charge in [0, 0.05) is 38.1 Å². The lowest BCUT2D eigenvalue weighted by atomic mass is 9.99. The molecular formula is C24H31N5O3S. The van der Waals surface area contributed by atoms with E-state index in [1.54, 1.807) is 36.3 Å². The molecule has 0 radical (unpaired) electrons. The van der Waals surface area contributed by atoms with Gasteiger partial charge in [-0.2, -0.15) is 0 Å². The number of nitrogens with one attached hydrogen (secondary N) is 2. The molecule has 0 aliphatic carbocycles. The molecule has 1 saturated heterocycles. The molecule has 4 rings (SSSR count). The number of hydrogen-bond donors (Lipinski definition) is 2. The van der Waals surface area contributed by atoms with Crippen molar-refractivity contribution in [2.75, 3.05) is 19.8 Å². The van der Waals surface area contributed by atoms with Gasteiger partial charge in [-0.15, -0.1) is 0 Å². The van der Waals surface area contributed by atoms with E-state index in [9.17, 15) is 13.2 Å². The number of pyridine rings is 1. The number of imidazole rings is 1. The second kappa shape index (κ2) is 10.0. The largest absolute Gasteiger partial charge is 0.340 e. The number of nitrogens with zero attached hydrogens (tertiary/aromatic N) is 3. The first-order valence-corrected chi connectivity index (χ1v) is 13.2. The predicted molar refractivity (Wildman–Crippen MR) is 128 cm³/mol. The maximum atomic E-state index is 13.0. The van der Waals surface area contributed by atoms with Gasteiger partial charge in [0.15, 0.2) is 5.69 Å². The highest BCUT2D eigenvalue weighted by molar-refractivity contribution is 7.90. The van der Waals surface area contributed by atoms with Crippen LogP contribution in [0.15, 0.2) is 59.9 Å². The summed E-state index contributed by atoms with van der Waals surface area (Å²) in [5, 5.41) is -0.110. The zero-order valence-electron chi connectivity index (χ0n) is 19.1. The van der Waals surface area contributed by atoms with Crippen LogP contribution in [0.4, 0.5) is 0 Å². The number of fused-ring (bicyclic) bond motifs is 1. The summed E-state index contributed by atoms with van der Waals surface area (Å²) in [6, 6.07) is 16.5. The maximum Gasteiger partial charge on any atom is 0.274 e. The Kier molecular flexibility index (Phi) is 7.11. The van der Waals surface area contributed by atoms with E-state index in [0.717, 1.165) is 38.4 Å². The predicted octanol–water partition coefficient (Wildman–Crippen LogP) is 2.98. The van der Waals surface area contributed by atoms with Gasteiger partial charge in [0.05, 0.1) is 5.52 Å². The smallest absolute Gasteiger partial charge is 0.274 e. The molecule has 0 spiro atoms. The Labute approximate surface area is 194 Å². The van der Waals surface area contributed by atoms with E-state index < -0.39 is 9.84 Å². The van der Waals surface area contributed by atoms with E-state index in [0.29, 0.717) is 24.1 Å². The standard InChI is InChI=1S/C24H31N5O3S/c1-28(23(30)22-21-14-8-10-16-29(21)24(25-22)33(2,31)32)15-9-4-7-13-19-17-20(27-26-19)18-11-5-3-6-12-18/h3,5-6,8,10-12,14,16,19-20,26-27H,4,7,9,13,15,17H2,1-2H3. The van der Waals surface area contributed by atoms with Crippen LogP contribution in [0.3, 0.4) is 0 Å². The quantitative estimate of drug-likeness (QED) is 0.468. The SMILES string of the molecule is CN(CCCCCC1CC(c2ccccc2)NN1)C(=O)c1nc(S(C)(=O)=O)n2ccccc12. The van der Waals surface area contributed by atoms with Crippen LogP contribution < -0.4 is 10.9 Å². The van der Waals surface area contributed by atoms with Crippen molar-refractivity contribution < 1.29 is 13.2 Å². The van der Waals surface area contributed by atoms with Crippen molar-refractivity contribution in [3.05, 3.63) is 66.0 Å². The number of hydrogen-bond acceptors (Lipinski definition) is 6. The molecule has 3 aromatic rings. The third kappa shape index (κ3) is 5.43. The molecule has 8 nitrogen and oxygen atoms in total. The van der Waals surface area contributed by atoms with E-state index in [2.05, 4.69) is 40.1 Å². The fourth-order valence-corrected chi connectivity index (χ4v) is 5.12. The minimum Gasteiger partial charge on any atom is -0.340 e. The van der Waals surface area contributed by atoms with Crippen LogP contribution in [0.5, 0.6) is 0 Å². The zero-order chi connectivity index (χ0) is 23.4. The number of rotatable bonds is 9. The minimum absolute atomic E-state index is 0.110. The van der Waals surface area contributed by atoms with E-state index in [-0.39, 0.29) is 16.8 Å². The number of sulfone groups is 1. The number of amides is 1. The summed E-state index contributed by atoms with van der Waals surface area (Å²) in [5.41, 5.74) is 8.77. The average Bonchev–Trinajstić information content (AvgIpc) is 3.44. The molecule has 2 aromatic heterocycles. The van der Waals surface area contributed by atoms with Crippen LogP contribution >= 0.6 is 0 Å². The Bertz CT molecular complexity index is 1210. The second-order valence-electron chi connectivity index (χ2n) is 8.73. The van der Waals surface area contributed by atoms with Crippen LogP contribution in [0.25, 0.3) is 5.52 Å². The highest BCUT2D eigenvalue weighted by atomic mass is 32.2. The lowest BCUT2D eigenvalue weighted by Crippen LogP contribution is -2.31. The maximum absolute atomic E-state index is 13.0. The Balaban J connectivity index is 1.25. The van der Waals surface area contributed by atoms with Crippen molar-refractivity contribution in [1.29, 1.82) is 0 Å². The first kappa shape index (κ1) is 23.4.